The van der Waals surface area contributed by atoms with Gasteiger partial charge in [-0.05, 0) is 60.2 Å². The van der Waals surface area contributed by atoms with Gasteiger partial charge in [-0.3, -0.25) is 9.59 Å². The van der Waals surface area contributed by atoms with Crippen LogP contribution in [0.2, 0.25) is 5.02 Å². The summed E-state index contributed by atoms with van der Waals surface area (Å²) in [6.45, 7) is 0. The van der Waals surface area contributed by atoms with E-state index in [2.05, 4.69) is 10.1 Å². The van der Waals surface area contributed by atoms with Crippen LogP contribution in [0.4, 0.5) is 5.69 Å². The summed E-state index contributed by atoms with van der Waals surface area (Å²) in [4.78, 5) is 24.6. The van der Waals surface area contributed by atoms with Crippen LogP contribution >= 0.6 is 23.4 Å². The van der Waals surface area contributed by atoms with Crippen molar-refractivity contribution in [3.63, 3.8) is 0 Å². The highest BCUT2D eigenvalue weighted by Gasteiger charge is 2.11. The van der Waals surface area contributed by atoms with Gasteiger partial charge in [-0.2, -0.15) is 10.5 Å². The average Bonchev–Trinajstić information content (AvgIpc) is 2.85. The average molecular weight is 492 g/mol. The number of methoxy groups -OCH3 is 1. The standard InChI is InChI=1S/C25H18ClN3O4S/c1-32-25(31)15-34-21-5-3-19(4-6-21)29-24(30)12-16-2-7-22(26)23(11-16)33-20-9-17(13-27)8-18(10-20)14-28/h2-11H,12,15H2,1H3,(H,29,30). The molecule has 1 amide bonds. The molecule has 0 radical (unpaired) electrons. The third-order valence-electron chi connectivity index (χ3n) is 4.48. The van der Waals surface area contributed by atoms with Crippen molar-refractivity contribution in [1.82, 2.24) is 0 Å². The number of amides is 1. The number of hydrogen-bond donors (Lipinski definition) is 1. The van der Waals surface area contributed by atoms with E-state index in [4.69, 9.17) is 26.9 Å². The summed E-state index contributed by atoms with van der Waals surface area (Å²) in [6.07, 6.45) is 0.0774. The molecular weight excluding hydrogens is 474 g/mol. The second-order valence-electron chi connectivity index (χ2n) is 6.95. The first kappa shape index (κ1) is 24.7. The Kier molecular flexibility index (Phi) is 8.53. The SMILES string of the molecule is COC(=O)CSc1ccc(NC(=O)Cc2ccc(Cl)c(Oc3cc(C#N)cc(C#N)c3)c2)cc1. The van der Waals surface area contributed by atoms with Gasteiger partial charge in [-0.15, -0.1) is 11.8 Å². The van der Waals surface area contributed by atoms with Crippen molar-refractivity contribution in [2.75, 3.05) is 18.2 Å². The van der Waals surface area contributed by atoms with Crippen molar-refractivity contribution < 1.29 is 19.1 Å². The summed E-state index contributed by atoms with van der Waals surface area (Å²) < 4.78 is 10.4. The fourth-order valence-corrected chi connectivity index (χ4v) is 3.76. The third-order valence-corrected chi connectivity index (χ3v) is 5.77. The molecule has 0 fully saturated rings. The Labute approximate surface area is 205 Å². The van der Waals surface area contributed by atoms with E-state index in [0.29, 0.717) is 27.8 Å². The molecule has 0 atom stereocenters. The topological polar surface area (TPSA) is 112 Å². The summed E-state index contributed by atoms with van der Waals surface area (Å²) in [5, 5.41) is 21.4. The Hall–Kier alpha value is -3.98. The van der Waals surface area contributed by atoms with Crippen LogP contribution in [0.3, 0.4) is 0 Å². The Bertz CT molecular complexity index is 1260. The summed E-state index contributed by atoms with van der Waals surface area (Å²) in [7, 11) is 1.34. The number of thioether (sulfide) groups is 1. The number of esters is 1. The Morgan fingerprint density at radius 1 is 1.00 bits per heavy atom. The van der Waals surface area contributed by atoms with Gasteiger partial charge < -0.3 is 14.8 Å². The molecule has 0 aliphatic rings. The Morgan fingerprint density at radius 3 is 2.29 bits per heavy atom. The molecule has 0 aromatic heterocycles. The van der Waals surface area contributed by atoms with Crippen molar-refractivity contribution >= 4 is 40.9 Å². The molecule has 7 nitrogen and oxygen atoms in total. The van der Waals surface area contributed by atoms with Crippen LogP contribution in [-0.4, -0.2) is 24.7 Å². The lowest BCUT2D eigenvalue weighted by molar-refractivity contribution is -0.137. The van der Waals surface area contributed by atoms with Crippen LogP contribution in [0.15, 0.2) is 65.6 Å². The fourth-order valence-electron chi connectivity index (χ4n) is 2.88. The summed E-state index contributed by atoms with van der Waals surface area (Å²) in [5.41, 5.74) is 1.86. The highest BCUT2D eigenvalue weighted by Crippen LogP contribution is 2.31. The van der Waals surface area contributed by atoms with E-state index in [0.717, 1.165) is 4.90 Å². The van der Waals surface area contributed by atoms with Crippen molar-refractivity contribution in [3.8, 4) is 23.6 Å². The lowest BCUT2D eigenvalue weighted by atomic mass is 10.1. The highest BCUT2D eigenvalue weighted by atomic mass is 35.5. The predicted octanol–water partition coefficient (Wildman–Crippen LogP) is 5.32. The Morgan fingerprint density at radius 2 is 1.68 bits per heavy atom. The number of halogens is 1. The minimum Gasteiger partial charge on any atom is -0.468 e. The predicted molar refractivity (Wildman–Crippen MR) is 129 cm³/mol. The van der Waals surface area contributed by atoms with Gasteiger partial charge in [-0.1, -0.05) is 17.7 Å². The maximum atomic E-state index is 12.5. The van der Waals surface area contributed by atoms with Crippen molar-refractivity contribution in [1.29, 1.82) is 10.5 Å². The smallest absolute Gasteiger partial charge is 0.315 e. The van der Waals surface area contributed by atoms with Gasteiger partial charge in [-0.25, -0.2) is 0 Å². The third kappa shape index (κ3) is 7.01. The highest BCUT2D eigenvalue weighted by molar-refractivity contribution is 8.00. The molecule has 0 bridgehead atoms. The van der Waals surface area contributed by atoms with Gasteiger partial charge in [0.2, 0.25) is 5.91 Å². The van der Waals surface area contributed by atoms with Crippen molar-refractivity contribution in [2.24, 2.45) is 0 Å². The number of carbonyl (C=O) groups excluding carboxylic acids is 2. The zero-order valence-corrected chi connectivity index (χ0v) is 19.6. The van der Waals surface area contributed by atoms with Gasteiger partial charge >= 0.3 is 5.97 Å². The minimum atomic E-state index is -0.308. The quantitative estimate of drug-likeness (QED) is 0.335. The summed E-state index contributed by atoms with van der Waals surface area (Å²) >= 11 is 7.58. The van der Waals surface area contributed by atoms with Crippen LogP contribution in [0.25, 0.3) is 0 Å². The van der Waals surface area contributed by atoms with Gasteiger partial charge in [0, 0.05) is 10.6 Å². The number of hydrogen-bond acceptors (Lipinski definition) is 7. The number of carbonyl (C=O) groups is 2. The van der Waals surface area contributed by atoms with E-state index in [1.807, 2.05) is 24.3 Å². The van der Waals surface area contributed by atoms with E-state index in [1.54, 1.807) is 30.3 Å². The van der Waals surface area contributed by atoms with Gasteiger partial charge in [0.25, 0.3) is 0 Å². The largest absolute Gasteiger partial charge is 0.468 e. The molecule has 0 heterocycles. The second-order valence-corrected chi connectivity index (χ2v) is 8.41. The van der Waals surface area contributed by atoms with E-state index in [-0.39, 0.29) is 35.2 Å². The Balaban J connectivity index is 1.65. The minimum absolute atomic E-state index is 0.0774. The lowest BCUT2D eigenvalue weighted by Crippen LogP contribution is -2.14. The van der Waals surface area contributed by atoms with Crippen LogP contribution in [0.1, 0.15) is 16.7 Å². The lowest BCUT2D eigenvalue weighted by Gasteiger charge is -2.11. The van der Waals surface area contributed by atoms with Gasteiger partial charge in [0.05, 0.1) is 47.6 Å². The van der Waals surface area contributed by atoms with Gasteiger partial charge in [0.1, 0.15) is 11.5 Å². The van der Waals surface area contributed by atoms with Crippen LogP contribution in [-0.2, 0) is 20.7 Å². The molecule has 0 unspecified atom stereocenters. The zero-order chi connectivity index (χ0) is 24.5. The van der Waals surface area contributed by atoms with Crippen LogP contribution in [0.5, 0.6) is 11.5 Å². The molecule has 1 N–H and O–H groups in total. The molecule has 0 saturated heterocycles. The number of ether oxygens (including phenoxy) is 2. The zero-order valence-electron chi connectivity index (χ0n) is 18.0. The van der Waals surface area contributed by atoms with Gasteiger partial charge in [0.15, 0.2) is 0 Å². The van der Waals surface area contributed by atoms with E-state index < -0.39 is 0 Å². The molecule has 3 aromatic rings. The molecule has 0 aliphatic carbocycles. The molecule has 3 rings (SSSR count). The van der Waals surface area contributed by atoms with E-state index in [1.165, 1.54) is 37.1 Å². The molecule has 0 aliphatic heterocycles. The summed E-state index contributed by atoms with van der Waals surface area (Å²) in [6, 6.07) is 20.5. The molecule has 3 aromatic carbocycles. The molecule has 0 spiro atoms. The first-order valence-electron chi connectivity index (χ1n) is 9.91. The number of nitriles is 2. The molecule has 9 heteroatoms. The number of rotatable bonds is 8. The molecular formula is C25H18ClN3O4S. The van der Waals surface area contributed by atoms with Crippen molar-refractivity contribution in [3.05, 3.63) is 82.4 Å². The number of nitrogens with zero attached hydrogens (tertiary/aromatic N) is 2. The fraction of sp³-hybridized carbons (Fsp3) is 0.120. The van der Waals surface area contributed by atoms with E-state index in [9.17, 15) is 9.59 Å². The maximum absolute atomic E-state index is 12.5. The van der Waals surface area contributed by atoms with Crippen LogP contribution < -0.4 is 10.1 Å². The van der Waals surface area contributed by atoms with E-state index >= 15 is 0 Å². The number of benzene rings is 3. The number of nitrogens with one attached hydrogen (secondary N) is 1. The maximum Gasteiger partial charge on any atom is 0.315 e. The molecule has 0 saturated carbocycles. The number of anilines is 1. The first-order chi connectivity index (χ1) is 16.4. The summed E-state index contributed by atoms with van der Waals surface area (Å²) in [5.74, 6) is 0.266. The second kappa shape index (κ2) is 11.8. The van der Waals surface area contributed by atoms with Crippen LogP contribution in [0, 0.1) is 22.7 Å². The normalized spacial score (nSPS) is 10.0. The van der Waals surface area contributed by atoms with Crippen molar-refractivity contribution in [2.45, 2.75) is 11.3 Å². The monoisotopic (exact) mass is 491 g/mol. The molecule has 34 heavy (non-hydrogen) atoms. The first-order valence-corrected chi connectivity index (χ1v) is 11.3. The molecule has 170 valence electrons.